The molecule has 0 aromatic carbocycles. The minimum Gasteiger partial charge on any atom is -0.465 e. The third-order valence-electron chi connectivity index (χ3n) is 2.27. The largest absolute Gasteiger partial charge is 0.465 e. The number of esters is 1. The van der Waals surface area contributed by atoms with Crippen LogP contribution in [-0.4, -0.2) is 34.1 Å². The highest BCUT2D eigenvalue weighted by molar-refractivity contribution is 7.89. The molecule has 9 heteroatoms. The predicted molar refractivity (Wildman–Crippen MR) is 76.5 cm³/mol. The molecule has 0 fully saturated rings. The first-order valence-electron chi connectivity index (χ1n) is 5.22. The maximum Gasteiger partial charge on any atom is 0.349 e. The van der Waals surface area contributed by atoms with E-state index in [0.29, 0.717) is 5.56 Å². The third-order valence-corrected chi connectivity index (χ3v) is 5.25. The van der Waals surface area contributed by atoms with Crippen LogP contribution in [0.5, 0.6) is 0 Å². The highest BCUT2D eigenvalue weighted by Crippen LogP contribution is 2.27. The summed E-state index contributed by atoms with van der Waals surface area (Å²) in [5.41, 5.74) is 5.89. The normalized spacial score (nSPS) is 12.6. The molecule has 1 aromatic heterocycles. The number of sulfonamides is 1. The lowest BCUT2D eigenvalue weighted by Gasteiger charge is -2.12. The molecule has 0 unspecified atom stereocenters. The molecule has 0 aliphatic heterocycles. The fourth-order valence-corrected chi connectivity index (χ4v) is 4.33. The molecule has 3 N–H and O–H groups in total. The maximum atomic E-state index is 12.2. The van der Waals surface area contributed by atoms with Crippen LogP contribution < -0.4 is 10.5 Å². The molecule has 1 rings (SSSR count). The van der Waals surface area contributed by atoms with E-state index in [0.717, 1.165) is 11.3 Å². The van der Waals surface area contributed by atoms with E-state index in [-0.39, 0.29) is 28.7 Å². The molecule has 0 saturated heterocycles. The van der Waals surface area contributed by atoms with Crippen LogP contribution >= 0.6 is 23.7 Å². The summed E-state index contributed by atoms with van der Waals surface area (Å²) in [5, 5.41) is 1.61. The Morgan fingerprint density at radius 3 is 2.63 bits per heavy atom. The van der Waals surface area contributed by atoms with E-state index in [4.69, 9.17) is 5.73 Å². The Labute approximate surface area is 122 Å². The molecule has 0 aliphatic rings. The molecule has 1 atom stereocenters. The number of rotatable bonds is 5. The first-order valence-corrected chi connectivity index (χ1v) is 7.58. The van der Waals surface area contributed by atoms with Gasteiger partial charge in [-0.05, 0) is 24.8 Å². The summed E-state index contributed by atoms with van der Waals surface area (Å²) < 4.78 is 31.3. The molecule has 1 heterocycles. The number of carbonyl (C=O) groups is 1. The van der Waals surface area contributed by atoms with Crippen molar-refractivity contribution in [1.29, 1.82) is 0 Å². The maximum absolute atomic E-state index is 12.2. The molecule has 0 aliphatic carbocycles. The second-order valence-electron chi connectivity index (χ2n) is 3.83. The van der Waals surface area contributed by atoms with E-state index in [1.54, 1.807) is 19.2 Å². The lowest BCUT2D eigenvalue weighted by atomic mass is 10.3. The first-order chi connectivity index (χ1) is 8.33. The number of aryl methyl sites for hydroxylation is 1. The summed E-state index contributed by atoms with van der Waals surface area (Å²) in [7, 11) is -2.55. The Kier molecular flexibility index (Phi) is 6.95. The fourth-order valence-electron chi connectivity index (χ4n) is 1.37. The predicted octanol–water partition coefficient (Wildman–Crippen LogP) is 0.890. The number of halogens is 1. The van der Waals surface area contributed by atoms with Gasteiger partial charge < -0.3 is 10.5 Å². The zero-order valence-electron chi connectivity index (χ0n) is 10.8. The van der Waals surface area contributed by atoms with E-state index in [9.17, 15) is 13.2 Å². The van der Waals surface area contributed by atoms with Gasteiger partial charge in [0.05, 0.1) is 7.11 Å². The quantitative estimate of drug-likeness (QED) is 0.782. The van der Waals surface area contributed by atoms with Crippen molar-refractivity contribution in [2.75, 3.05) is 13.7 Å². The molecule has 0 radical (unpaired) electrons. The number of methoxy groups -OCH3 is 1. The Bertz CT molecular complexity index is 542. The van der Waals surface area contributed by atoms with Crippen LogP contribution in [0.25, 0.3) is 0 Å². The Hall–Kier alpha value is -0.670. The van der Waals surface area contributed by atoms with Crippen LogP contribution in [0, 0.1) is 6.92 Å². The van der Waals surface area contributed by atoms with E-state index < -0.39 is 22.0 Å². The van der Waals surface area contributed by atoms with Crippen LogP contribution in [0.2, 0.25) is 0 Å². The first kappa shape index (κ1) is 18.3. The fraction of sp³-hybridized carbons (Fsp3) is 0.500. The summed E-state index contributed by atoms with van der Waals surface area (Å²) in [4.78, 5) is 11.6. The summed E-state index contributed by atoms with van der Waals surface area (Å²) in [6.45, 7) is 3.46. The monoisotopic (exact) mass is 328 g/mol. The van der Waals surface area contributed by atoms with Gasteiger partial charge in [0, 0.05) is 12.6 Å². The molecule has 0 saturated carbocycles. The summed E-state index contributed by atoms with van der Waals surface area (Å²) in [6.07, 6.45) is 0. The molecule has 6 nitrogen and oxygen atoms in total. The minimum atomic E-state index is -3.77. The van der Waals surface area contributed by atoms with Crippen LogP contribution in [0.4, 0.5) is 0 Å². The van der Waals surface area contributed by atoms with Crippen molar-refractivity contribution < 1.29 is 17.9 Å². The number of ether oxygens (including phenoxy) is 1. The van der Waals surface area contributed by atoms with Crippen molar-refractivity contribution >= 4 is 39.7 Å². The SMILES string of the molecule is COC(=O)c1scc(C)c1S(=O)(=O)N[C@@H](C)CN.Cl. The van der Waals surface area contributed by atoms with Gasteiger partial charge in [0.15, 0.2) is 0 Å². The number of carbonyl (C=O) groups excluding carboxylic acids is 1. The summed E-state index contributed by atoms with van der Waals surface area (Å²) >= 11 is 1.05. The molecule has 1 aromatic rings. The average Bonchev–Trinajstić information content (AvgIpc) is 2.70. The topological polar surface area (TPSA) is 98.5 Å². The van der Waals surface area contributed by atoms with Crippen LogP contribution in [0.15, 0.2) is 10.3 Å². The number of thiophene rings is 1. The highest BCUT2D eigenvalue weighted by Gasteiger charge is 2.28. The minimum absolute atomic E-state index is 0. The second-order valence-corrected chi connectivity index (χ2v) is 6.36. The summed E-state index contributed by atoms with van der Waals surface area (Å²) in [5.74, 6) is -0.658. The zero-order valence-corrected chi connectivity index (χ0v) is 13.2. The molecule has 110 valence electrons. The van der Waals surface area contributed by atoms with E-state index in [1.807, 2.05) is 0 Å². The van der Waals surface area contributed by atoms with Gasteiger partial charge in [-0.3, -0.25) is 0 Å². The van der Waals surface area contributed by atoms with Gasteiger partial charge in [-0.15, -0.1) is 23.7 Å². The smallest absolute Gasteiger partial charge is 0.349 e. The zero-order chi connectivity index (χ0) is 13.9. The lowest BCUT2D eigenvalue weighted by molar-refractivity contribution is 0.0602. The Morgan fingerprint density at radius 1 is 1.58 bits per heavy atom. The van der Waals surface area contributed by atoms with Gasteiger partial charge in [0.2, 0.25) is 10.0 Å². The summed E-state index contributed by atoms with van der Waals surface area (Å²) in [6, 6.07) is -0.403. The van der Waals surface area contributed by atoms with Gasteiger partial charge in [-0.25, -0.2) is 17.9 Å². The molecule has 0 bridgehead atoms. The molecular formula is C10H17ClN2O4S2. The Morgan fingerprint density at radius 2 is 2.16 bits per heavy atom. The van der Waals surface area contributed by atoms with Gasteiger partial charge >= 0.3 is 5.97 Å². The van der Waals surface area contributed by atoms with Gasteiger partial charge in [-0.2, -0.15) is 0 Å². The van der Waals surface area contributed by atoms with Crippen molar-refractivity contribution in [2.24, 2.45) is 5.73 Å². The molecule has 0 amide bonds. The number of nitrogens with one attached hydrogen (secondary N) is 1. The Balaban J connectivity index is 0.00000324. The van der Waals surface area contributed by atoms with E-state index >= 15 is 0 Å². The molecular weight excluding hydrogens is 312 g/mol. The lowest BCUT2D eigenvalue weighted by Crippen LogP contribution is -2.38. The van der Waals surface area contributed by atoms with Gasteiger partial charge in [0.1, 0.15) is 9.77 Å². The number of nitrogens with two attached hydrogens (primary N) is 1. The van der Waals surface area contributed by atoms with Crippen molar-refractivity contribution in [3.05, 3.63) is 15.8 Å². The van der Waals surface area contributed by atoms with Crippen LogP contribution in [-0.2, 0) is 14.8 Å². The average molecular weight is 329 g/mol. The van der Waals surface area contributed by atoms with Crippen molar-refractivity contribution in [3.63, 3.8) is 0 Å². The molecule has 0 spiro atoms. The second kappa shape index (κ2) is 7.20. The van der Waals surface area contributed by atoms with Crippen LogP contribution in [0.3, 0.4) is 0 Å². The van der Waals surface area contributed by atoms with Crippen molar-refractivity contribution in [3.8, 4) is 0 Å². The molecule has 19 heavy (non-hydrogen) atoms. The standard InChI is InChI=1S/C10H16N2O4S2.ClH/c1-6-5-17-8(10(13)16-3)9(6)18(14,15)12-7(2)4-11;/h5,7,12H,4,11H2,1-3H3;1H/t7-;/m0./s1. The van der Waals surface area contributed by atoms with E-state index in [1.165, 1.54) is 7.11 Å². The van der Waals surface area contributed by atoms with Crippen LogP contribution in [0.1, 0.15) is 22.2 Å². The van der Waals surface area contributed by atoms with E-state index in [2.05, 4.69) is 9.46 Å². The number of hydrogen-bond donors (Lipinski definition) is 2. The third kappa shape index (κ3) is 4.15. The van der Waals surface area contributed by atoms with Gasteiger partial charge in [0.25, 0.3) is 0 Å². The number of hydrogen-bond acceptors (Lipinski definition) is 6. The van der Waals surface area contributed by atoms with Crippen molar-refractivity contribution in [1.82, 2.24) is 4.72 Å². The van der Waals surface area contributed by atoms with Gasteiger partial charge in [-0.1, -0.05) is 0 Å². The highest BCUT2D eigenvalue weighted by atomic mass is 35.5. The van der Waals surface area contributed by atoms with Crippen molar-refractivity contribution in [2.45, 2.75) is 24.8 Å².